The van der Waals surface area contributed by atoms with E-state index in [1.807, 2.05) is 42.5 Å². The lowest BCUT2D eigenvalue weighted by molar-refractivity contribution is -0.127. The highest BCUT2D eigenvalue weighted by Gasteiger charge is 2.45. The van der Waals surface area contributed by atoms with Gasteiger partial charge in [0.05, 0.1) is 11.2 Å². The molecule has 0 radical (unpaired) electrons. The van der Waals surface area contributed by atoms with Gasteiger partial charge in [-0.1, -0.05) is 54.6 Å². The van der Waals surface area contributed by atoms with Gasteiger partial charge in [0.2, 0.25) is 15.9 Å². The van der Waals surface area contributed by atoms with Crippen LogP contribution in [0.1, 0.15) is 37.3 Å². The summed E-state index contributed by atoms with van der Waals surface area (Å²) in [4.78, 5) is 12.6. The molecule has 3 aromatic carbocycles. The van der Waals surface area contributed by atoms with Crippen LogP contribution in [0.25, 0.3) is 11.1 Å². The van der Waals surface area contributed by atoms with E-state index in [0.717, 1.165) is 11.1 Å². The molecule has 3 aromatic rings. The van der Waals surface area contributed by atoms with Crippen molar-refractivity contribution in [2.45, 2.75) is 45.3 Å². The highest BCUT2D eigenvalue weighted by Crippen LogP contribution is 2.42. The summed E-state index contributed by atoms with van der Waals surface area (Å²) in [6, 6.07) is 21.4. The molecule has 0 aliphatic heterocycles. The van der Waals surface area contributed by atoms with E-state index in [0.29, 0.717) is 49.2 Å². The predicted octanol–water partition coefficient (Wildman–Crippen LogP) is 4.58. The van der Waals surface area contributed by atoms with Gasteiger partial charge in [-0.25, -0.2) is 17.5 Å². The number of halogens is 1. The Morgan fingerprint density at radius 2 is 1.78 bits per heavy atom. The average molecular weight is 511 g/mol. The fourth-order valence-electron chi connectivity index (χ4n) is 4.87. The standard InChI is InChI=1S/C28H31FN2O4S/c1-2-36(33,34)31-22-14-15-28(18-22,27(30)32)17-21-12-13-25(29)24(16-21)23-10-6-7-11-26(23)35-19-20-8-4-3-5-9-20/h3-13,16,22,31H,2,14-15,17-19H2,1H3,(H2,30,32)/t22-,28+/m0/s1. The molecule has 36 heavy (non-hydrogen) atoms. The van der Waals surface area contributed by atoms with Gasteiger partial charge < -0.3 is 10.5 Å². The summed E-state index contributed by atoms with van der Waals surface area (Å²) in [5, 5.41) is 0. The Morgan fingerprint density at radius 3 is 2.50 bits per heavy atom. The quantitative estimate of drug-likeness (QED) is 0.417. The zero-order valence-electron chi connectivity index (χ0n) is 20.2. The largest absolute Gasteiger partial charge is 0.488 e. The predicted molar refractivity (Wildman–Crippen MR) is 138 cm³/mol. The fourth-order valence-corrected chi connectivity index (χ4v) is 5.74. The number of nitrogens with one attached hydrogen (secondary N) is 1. The zero-order valence-corrected chi connectivity index (χ0v) is 21.1. The Hall–Kier alpha value is -3.23. The molecule has 8 heteroatoms. The van der Waals surface area contributed by atoms with E-state index in [9.17, 15) is 13.2 Å². The van der Waals surface area contributed by atoms with Gasteiger partial charge in [0.1, 0.15) is 18.2 Å². The molecule has 0 unspecified atom stereocenters. The average Bonchev–Trinajstić information content (AvgIpc) is 3.28. The van der Waals surface area contributed by atoms with Crippen LogP contribution in [-0.4, -0.2) is 26.1 Å². The molecule has 1 aliphatic carbocycles. The first kappa shape index (κ1) is 25.9. The third-order valence-corrected chi connectivity index (χ3v) is 8.30. The Labute approximate surface area is 211 Å². The second-order valence-electron chi connectivity index (χ2n) is 9.37. The van der Waals surface area contributed by atoms with Crippen molar-refractivity contribution in [2.24, 2.45) is 11.1 Å². The van der Waals surface area contributed by atoms with Crippen molar-refractivity contribution < 1.29 is 22.3 Å². The molecular formula is C28H31FN2O4S. The Morgan fingerprint density at radius 1 is 1.06 bits per heavy atom. The summed E-state index contributed by atoms with van der Waals surface area (Å²) in [5.74, 6) is -0.349. The van der Waals surface area contributed by atoms with Crippen molar-refractivity contribution in [3.8, 4) is 16.9 Å². The molecule has 0 bridgehead atoms. The number of sulfonamides is 1. The maximum atomic E-state index is 15.0. The number of hydrogen-bond donors (Lipinski definition) is 2. The molecule has 1 aliphatic rings. The number of ether oxygens (including phenoxy) is 1. The Balaban J connectivity index is 1.58. The van der Waals surface area contributed by atoms with Crippen LogP contribution in [0.4, 0.5) is 4.39 Å². The second kappa shape index (κ2) is 10.8. The SMILES string of the molecule is CCS(=O)(=O)N[C@H]1CC[C@](Cc2ccc(F)c(-c3ccccc3OCc3ccccc3)c2)(C(N)=O)C1. The molecule has 4 rings (SSSR count). The molecule has 190 valence electrons. The molecular weight excluding hydrogens is 479 g/mol. The van der Waals surface area contributed by atoms with Crippen molar-refractivity contribution in [3.63, 3.8) is 0 Å². The van der Waals surface area contributed by atoms with Crippen molar-refractivity contribution in [3.05, 3.63) is 89.7 Å². The molecule has 1 amide bonds. The number of rotatable bonds is 10. The summed E-state index contributed by atoms with van der Waals surface area (Å²) in [5.41, 5.74) is 7.66. The lowest BCUT2D eigenvalue weighted by atomic mass is 9.78. The topological polar surface area (TPSA) is 98.5 Å². The van der Waals surface area contributed by atoms with Gasteiger partial charge in [-0.3, -0.25) is 4.79 Å². The number of amides is 1. The van der Waals surface area contributed by atoms with Crippen LogP contribution in [0.5, 0.6) is 5.75 Å². The van der Waals surface area contributed by atoms with Gasteiger partial charge >= 0.3 is 0 Å². The van der Waals surface area contributed by atoms with Crippen LogP contribution in [0.15, 0.2) is 72.8 Å². The first-order valence-corrected chi connectivity index (χ1v) is 13.7. The van der Waals surface area contributed by atoms with Crippen molar-refractivity contribution >= 4 is 15.9 Å². The van der Waals surface area contributed by atoms with E-state index in [-0.39, 0.29) is 11.8 Å². The van der Waals surface area contributed by atoms with Crippen LogP contribution in [0.2, 0.25) is 0 Å². The molecule has 0 aromatic heterocycles. The van der Waals surface area contributed by atoms with E-state index in [4.69, 9.17) is 10.5 Å². The monoisotopic (exact) mass is 510 g/mol. The molecule has 1 fully saturated rings. The van der Waals surface area contributed by atoms with Gasteiger partial charge in [-0.05, 0) is 61.9 Å². The summed E-state index contributed by atoms with van der Waals surface area (Å²) < 4.78 is 47.8. The van der Waals surface area contributed by atoms with E-state index in [2.05, 4.69) is 4.72 Å². The molecule has 1 saturated carbocycles. The molecule has 0 spiro atoms. The summed E-state index contributed by atoms with van der Waals surface area (Å²) >= 11 is 0. The molecule has 0 saturated heterocycles. The Bertz CT molecular complexity index is 1330. The van der Waals surface area contributed by atoms with Gasteiger partial charge in [0.15, 0.2) is 0 Å². The van der Waals surface area contributed by atoms with E-state index < -0.39 is 27.2 Å². The van der Waals surface area contributed by atoms with Gasteiger partial charge in [-0.2, -0.15) is 0 Å². The normalized spacial score (nSPS) is 19.8. The van der Waals surface area contributed by atoms with Crippen LogP contribution < -0.4 is 15.2 Å². The minimum atomic E-state index is -3.40. The maximum Gasteiger partial charge on any atom is 0.224 e. The van der Waals surface area contributed by atoms with Crippen LogP contribution in [0, 0.1) is 11.2 Å². The highest BCUT2D eigenvalue weighted by molar-refractivity contribution is 7.89. The fraction of sp³-hybridized carbons (Fsp3) is 0.321. The second-order valence-corrected chi connectivity index (χ2v) is 11.4. The molecule has 2 atom stereocenters. The van der Waals surface area contributed by atoms with Crippen molar-refractivity contribution in [1.29, 1.82) is 0 Å². The molecule has 6 nitrogen and oxygen atoms in total. The minimum absolute atomic E-state index is 0.0276. The van der Waals surface area contributed by atoms with Crippen molar-refractivity contribution in [2.75, 3.05) is 5.75 Å². The van der Waals surface area contributed by atoms with Gasteiger partial charge in [-0.15, -0.1) is 0 Å². The lowest BCUT2D eigenvalue weighted by Gasteiger charge is -2.26. The number of nitrogens with two attached hydrogens (primary N) is 1. The Kier molecular flexibility index (Phi) is 7.76. The van der Waals surface area contributed by atoms with E-state index in [1.165, 1.54) is 6.07 Å². The lowest BCUT2D eigenvalue weighted by Crippen LogP contribution is -2.40. The van der Waals surface area contributed by atoms with Crippen LogP contribution in [0.3, 0.4) is 0 Å². The number of carbonyl (C=O) groups is 1. The third-order valence-electron chi connectivity index (χ3n) is 6.85. The number of hydrogen-bond acceptors (Lipinski definition) is 4. The smallest absolute Gasteiger partial charge is 0.224 e. The van der Waals surface area contributed by atoms with Crippen LogP contribution >= 0.6 is 0 Å². The first-order valence-electron chi connectivity index (χ1n) is 12.1. The number of primary amides is 1. The number of para-hydroxylation sites is 1. The van der Waals surface area contributed by atoms with E-state index in [1.54, 1.807) is 31.2 Å². The number of carbonyl (C=O) groups excluding carboxylic acids is 1. The van der Waals surface area contributed by atoms with Gasteiger partial charge in [0.25, 0.3) is 0 Å². The minimum Gasteiger partial charge on any atom is -0.488 e. The summed E-state index contributed by atoms with van der Waals surface area (Å²) in [6.07, 6.45) is 1.59. The van der Waals surface area contributed by atoms with Gasteiger partial charge in [0, 0.05) is 17.2 Å². The zero-order chi connectivity index (χ0) is 25.8. The molecule has 3 N–H and O–H groups in total. The first-order chi connectivity index (χ1) is 17.2. The highest BCUT2D eigenvalue weighted by atomic mass is 32.2. The van der Waals surface area contributed by atoms with Crippen LogP contribution in [-0.2, 0) is 27.8 Å². The number of benzene rings is 3. The third kappa shape index (κ3) is 5.94. The summed E-state index contributed by atoms with van der Waals surface area (Å²) in [7, 11) is -3.40. The molecule has 0 heterocycles. The van der Waals surface area contributed by atoms with Crippen molar-refractivity contribution in [1.82, 2.24) is 4.72 Å². The maximum absolute atomic E-state index is 15.0. The summed E-state index contributed by atoms with van der Waals surface area (Å²) in [6.45, 7) is 1.92. The van der Waals surface area contributed by atoms with E-state index >= 15 is 4.39 Å².